The number of aliphatic carboxylic acids is 1. The van der Waals surface area contributed by atoms with E-state index in [0.29, 0.717) is 0 Å². The van der Waals surface area contributed by atoms with Gasteiger partial charge < -0.3 is 20.5 Å². The van der Waals surface area contributed by atoms with Crippen LogP contribution >= 0.6 is 0 Å². The van der Waals surface area contributed by atoms with Crippen LogP contribution in [0.5, 0.6) is 0 Å². The summed E-state index contributed by atoms with van der Waals surface area (Å²) in [5.41, 5.74) is 0.628. The Morgan fingerprint density at radius 3 is 2.65 bits per heavy atom. The zero-order valence-corrected chi connectivity index (χ0v) is 10.4. The zero-order chi connectivity index (χ0) is 14.1. The molecule has 0 spiro atoms. The number of carbonyl (C=O) groups excluding carboxylic acids is 2. The fraction of sp³-hybridized carbons (Fsp3) is 0.0667. The molecule has 100 valence electrons. The van der Waals surface area contributed by atoms with Gasteiger partial charge in [-0.05, 0) is 22.4 Å². The van der Waals surface area contributed by atoms with Gasteiger partial charge in [0.2, 0.25) is 0 Å². The second-order valence-corrected chi connectivity index (χ2v) is 4.51. The van der Waals surface area contributed by atoms with Crippen molar-refractivity contribution in [2.24, 2.45) is 0 Å². The SMILES string of the molecule is O=C1NC(C(=O)[O-])=C[C@@H](c2cccc3ccccc23)N1. The monoisotopic (exact) mass is 267 g/mol. The van der Waals surface area contributed by atoms with E-state index in [1.54, 1.807) is 0 Å². The Kier molecular flexibility index (Phi) is 2.87. The minimum absolute atomic E-state index is 0.216. The van der Waals surface area contributed by atoms with Crippen molar-refractivity contribution in [1.29, 1.82) is 0 Å². The molecule has 2 aromatic rings. The van der Waals surface area contributed by atoms with Crippen LogP contribution in [0.2, 0.25) is 0 Å². The van der Waals surface area contributed by atoms with Gasteiger partial charge in [-0.15, -0.1) is 0 Å². The minimum Gasteiger partial charge on any atom is -0.543 e. The summed E-state index contributed by atoms with van der Waals surface area (Å²) in [6.45, 7) is 0. The molecular weight excluding hydrogens is 256 g/mol. The van der Waals surface area contributed by atoms with Crippen LogP contribution in [0.3, 0.4) is 0 Å². The van der Waals surface area contributed by atoms with Crippen LogP contribution < -0.4 is 15.7 Å². The van der Waals surface area contributed by atoms with Gasteiger partial charge in [-0.2, -0.15) is 0 Å². The molecule has 5 heteroatoms. The van der Waals surface area contributed by atoms with E-state index < -0.39 is 18.0 Å². The smallest absolute Gasteiger partial charge is 0.320 e. The molecule has 1 heterocycles. The molecule has 2 amide bonds. The summed E-state index contributed by atoms with van der Waals surface area (Å²) < 4.78 is 0. The quantitative estimate of drug-likeness (QED) is 0.845. The third-order valence-corrected chi connectivity index (χ3v) is 3.25. The molecule has 20 heavy (non-hydrogen) atoms. The van der Waals surface area contributed by atoms with Crippen molar-refractivity contribution in [2.75, 3.05) is 0 Å². The average Bonchev–Trinajstić information content (AvgIpc) is 2.46. The molecule has 0 aliphatic carbocycles. The van der Waals surface area contributed by atoms with Crippen molar-refractivity contribution >= 4 is 22.8 Å². The molecule has 2 aromatic carbocycles. The molecule has 0 unspecified atom stereocenters. The molecule has 0 saturated heterocycles. The van der Waals surface area contributed by atoms with Crippen LogP contribution in [0, 0.1) is 0 Å². The Balaban J connectivity index is 2.13. The van der Waals surface area contributed by atoms with E-state index in [-0.39, 0.29) is 5.70 Å². The van der Waals surface area contributed by atoms with E-state index in [1.165, 1.54) is 6.08 Å². The van der Waals surface area contributed by atoms with Crippen LogP contribution in [-0.2, 0) is 4.79 Å². The van der Waals surface area contributed by atoms with E-state index in [0.717, 1.165) is 16.3 Å². The highest BCUT2D eigenvalue weighted by Gasteiger charge is 2.21. The second kappa shape index (κ2) is 4.70. The Morgan fingerprint density at radius 1 is 1.10 bits per heavy atom. The van der Waals surface area contributed by atoms with Gasteiger partial charge in [0.1, 0.15) is 0 Å². The highest BCUT2D eigenvalue weighted by Crippen LogP contribution is 2.26. The van der Waals surface area contributed by atoms with Crippen LogP contribution in [0.25, 0.3) is 10.8 Å². The highest BCUT2D eigenvalue weighted by atomic mass is 16.4. The molecule has 2 N–H and O–H groups in total. The van der Waals surface area contributed by atoms with Gasteiger partial charge in [-0.3, -0.25) is 0 Å². The lowest BCUT2D eigenvalue weighted by Gasteiger charge is -2.25. The van der Waals surface area contributed by atoms with Crippen LogP contribution in [0.4, 0.5) is 4.79 Å². The lowest BCUT2D eigenvalue weighted by atomic mass is 9.97. The topological polar surface area (TPSA) is 81.3 Å². The normalized spacial score (nSPS) is 18.1. The van der Waals surface area contributed by atoms with Gasteiger partial charge in [0.05, 0.1) is 17.7 Å². The molecule has 0 bridgehead atoms. The molecule has 0 radical (unpaired) electrons. The number of fused-ring (bicyclic) bond motifs is 1. The number of hydrogen-bond donors (Lipinski definition) is 2. The first-order chi connectivity index (χ1) is 9.65. The predicted molar refractivity (Wildman–Crippen MR) is 71.4 cm³/mol. The lowest BCUT2D eigenvalue weighted by molar-refractivity contribution is -0.299. The van der Waals surface area contributed by atoms with E-state index in [4.69, 9.17) is 0 Å². The summed E-state index contributed by atoms with van der Waals surface area (Å²) >= 11 is 0. The van der Waals surface area contributed by atoms with Crippen molar-refractivity contribution in [3.8, 4) is 0 Å². The Morgan fingerprint density at radius 2 is 1.85 bits per heavy atom. The predicted octanol–water partition coefficient (Wildman–Crippen LogP) is 0.827. The van der Waals surface area contributed by atoms with E-state index in [9.17, 15) is 14.7 Å². The highest BCUT2D eigenvalue weighted by molar-refractivity contribution is 5.94. The van der Waals surface area contributed by atoms with Crippen molar-refractivity contribution in [1.82, 2.24) is 10.6 Å². The van der Waals surface area contributed by atoms with Crippen LogP contribution in [0.15, 0.2) is 54.2 Å². The van der Waals surface area contributed by atoms with Gasteiger partial charge in [0.15, 0.2) is 0 Å². The van der Waals surface area contributed by atoms with Crippen LogP contribution in [0.1, 0.15) is 11.6 Å². The van der Waals surface area contributed by atoms with Crippen molar-refractivity contribution < 1.29 is 14.7 Å². The summed E-state index contributed by atoms with van der Waals surface area (Å²) in [6, 6.07) is 12.4. The summed E-state index contributed by atoms with van der Waals surface area (Å²) in [7, 11) is 0. The summed E-state index contributed by atoms with van der Waals surface area (Å²) in [5.74, 6) is -1.40. The van der Waals surface area contributed by atoms with E-state index in [2.05, 4.69) is 10.6 Å². The number of carboxylic acids is 1. The third kappa shape index (κ3) is 2.09. The third-order valence-electron chi connectivity index (χ3n) is 3.25. The van der Waals surface area contributed by atoms with Crippen molar-refractivity contribution in [3.05, 3.63) is 59.8 Å². The molecule has 0 aromatic heterocycles. The number of amides is 2. The molecule has 5 nitrogen and oxygen atoms in total. The van der Waals surface area contributed by atoms with Gasteiger partial charge in [-0.1, -0.05) is 42.5 Å². The molecule has 1 atom stereocenters. The fourth-order valence-corrected chi connectivity index (χ4v) is 2.36. The summed E-state index contributed by atoms with van der Waals surface area (Å²) in [4.78, 5) is 22.5. The number of urea groups is 1. The maximum Gasteiger partial charge on any atom is 0.320 e. The number of hydrogen-bond acceptors (Lipinski definition) is 3. The van der Waals surface area contributed by atoms with E-state index in [1.807, 2.05) is 42.5 Å². The number of carboxylic acid groups (broad SMARTS) is 1. The zero-order valence-electron chi connectivity index (χ0n) is 10.4. The molecule has 1 aliphatic rings. The maximum atomic E-state index is 11.5. The molecule has 1 aliphatic heterocycles. The number of benzene rings is 2. The van der Waals surface area contributed by atoms with E-state index >= 15 is 0 Å². The maximum absolute atomic E-state index is 11.5. The summed E-state index contributed by atoms with van der Waals surface area (Å²) in [6.07, 6.45) is 1.44. The second-order valence-electron chi connectivity index (χ2n) is 4.51. The molecule has 3 rings (SSSR count). The Bertz CT molecular complexity index is 731. The number of nitrogens with one attached hydrogen (secondary N) is 2. The minimum atomic E-state index is -1.40. The Labute approximate surface area is 114 Å². The first-order valence-corrected chi connectivity index (χ1v) is 6.13. The first-order valence-electron chi connectivity index (χ1n) is 6.13. The standard InChI is InChI=1S/C15H12N2O3/c18-14(19)13-8-12(16-15(20)17-13)11-7-3-5-9-4-1-2-6-10(9)11/h1-8,12H,(H,18,19)(H2,16,17,20)/p-1/t12-/m0/s1. The lowest BCUT2D eigenvalue weighted by Crippen LogP contribution is -2.46. The summed E-state index contributed by atoms with van der Waals surface area (Å²) in [5, 5.41) is 17.8. The molecule has 0 fully saturated rings. The van der Waals surface area contributed by atoms with Gasteiger partial charge in [0, 0.05) is 0 Å². The van der Waals surface area contributed by atoms with Crippen molar-refractivity contribution in [2.45, 2.75) is 6.04 Å². The molecular formula is C15H11N2O3-. The van der Waals surface area contributed by atoms with Gasteiger partial charge >= 0.3 is 6.03 Å². The molecule has 0 saturated carbocycles. The van der Waals surface area contributed by atoms with Gasteiger partial charge in [-0.25, -0.2) is 4.79 Å². The van der Waals surface area contributed by atoms with Gasteiger partial charge in [0.25, 0.3) is 0 Å². The number of carbonyl (C=O) groups is 2. The average molecular weight is 267 g/mol. The number of rotatable bonds is 2. The Hall–Kier alpha value is -2.82. The fourth-order valence-electron chi connectivity index (χ4n) is 2.36. The van der Waals surface area contributed by atoms with Crippen LogP contribution in [-0.4, -0.2) is 12.0 Å². The largest absolute Gasteiger partial charge is 0.543 e. The first kappa shape index (κ1) is 12.2. The van der Waals surface area contributed by atoms with Crippen molar-refractivity contribution in [3.63, 3.8) is 0 Å².